The third-order valence-electron chi connectivity index (χ3n) is 5.62. The molecule has 6 nitrogen and oxygen atoms in total. The van der Waals surface area contributed by atoms with Crippen molar-refractivity contribution in [1.82, 2.24) is 9.97 Å². The van der Waals surface area contributed by atoms with Crippen molar-refractivity contribution in [3.05, 3.63) is 70.6 Å². The van der Waals surface area contributed by atoms with E-state index in [1.807, 2.05) is 12.1 Å². The van der Waals surface area contributed by atoms with Gasteiger partial charge in [-0.3, -0.25) is 0 Å². The quantitative estimate of drug-likeness (QED) is 0.483. The number of pyridine rings is 2. The van der Waals surface area contributed by atoms with E-state index in [1.54, 1.807) is 24.4 Å². The molecule has 1 aromatic carbocycles. The molecule has 0 aliphatic heterocycles. The number of hydrogen-bond donors (Lipinski definition) is 3. The number of nitrogens with two attached hydrogens (primary N) is 1. The minimum absolute atomic E-state index is 0.280. The summed E-state index contributed by atoms with van der Waals surface area (Å²) in [5.74, 6) is 0.832. The van der Waals surface area contributed by atoms with E-state index in [1.165, 1.54) is 12.1 Å². The zero-order valence-corrected chi connectivity index (χ0v) is 18.2. The highest BCUT2D eigenvalue weighted by atomic mass is 35.5. The van der Waals surface area contributed by atoms with Gasteiger partial charge >= 0.3 is 0 Å². The van der Waals surface area contributed by atoms with E-state index in [4.69, 9.17) is 17.3 Å². The number of nitrogens with zero attached hydrogens (tertiary/aromatic N) is 3. The lowest BCUT2D eigenvalue weighted by atomic mass is 9.92. The van der Waals surface area contributed by atoms with Crippen LogP contribution in [0.4, 0.5) is 16.0 Å². The molecule has 1 saturated carbocycles. The van der Waals surface area contributed by atoms with Crippen molar-refractivity contribution in [3.8, 4) is 17.3 Å². The molecule has 0 bridgehead atoms. The number of rotatable bonds is 6. The second-order valence-corrected chi connectivity index (χ2v) is 8.40. The maximum absolute atomic E-state index is 13.5. The molecule has 0 amide bonds. The second-order valence-electron chi connectivity index (χ2n) is 7.99. The summed E-state index contributed by atoms with van der Waals surface area (Å²) in [6.07, 6.45) is 5.60. The van der Waals surface area contributed by atoms with Crippen molar-refractivity contribution < 1.29 is 4.39 Å². The summed E-state index contributed by atoms with van der Waals surface area (Å²) < 4.78 is 13.5. The van der Waals surface area contributed by atoms with Crippen LogP contribution in [0.3, 0.4) is 0 Å². The number of hydrogen-bond acceptors (Lipinski definition) is 6. The Labute approximate surface area is 191 Å². The second kappa shape index (κ2) is 9.94. The lowest BCUT2D eigenvalue weighted by Gasteiger charge is -2.27. The Morgan fingerprint density at radius 2 is 1.97 bits per heavy atom. The number of nitrogens with one attached hydrogen (secondary N) is 2. The van der Waals surface area contributed by atoms with Crippen molar-refractivity contribution >= 4 is 23.2 Å². The van der Waals surface area contributed by atoms with Gasteiger partial charge in [-0.05, 0) is 61.6 Å². The van der Waals surface area contributed by atoms with E-state index < -0.39 is 0 Å². The number of benzene rings is 1. The smallest absolute Gasteiger partial charge is 0.144 e. The van der Waals surface area contributed by atoms with E-state index in [9.17, 15) is 9.65 Å². The molecule has 0 unspecified atom stereocenters. The average Bonchev–Trinajstić information content (AvgIpc) is 2.80. The van der Waals surface area contributed by atoms with Crippen LogP contribution >= 0.6 is 11.6 Å². The number of aromatic nitrogens is 2. The molecule has 4 rings (SSSR count). The Hall–Kier alpha value is -3.21. The topological polar surface area (TPSA) is 99.7 Å². The molecule has 1 fully saturated rings. The molecule has 0 spiro atoms. The van der Waals surface area contributed by atoms with Crippen LogP contribution in [0.2, 0.25) is 5.02 Å². The Balaban J connectivity index is 1.56. The zero-order chi connectivity index (χ0) is 22.5. The summed E-state index contributed by atoms with van der Waals surface area (Å²) in [6, 6.07) is 14.4. The number of halogens is 2. The van der Waals surface area contributed by atoms with Gasteiger partial charge in [-0.25, -0.2) is 14.4 Å². The van der Waals surface area contributed by atoms with Crippen molar-refractivity contribution in [2.45, 2.75) is 44.3 Å². The minimum Gasteiger partial charge on any atom is -0.367 e. The molecule has 164 valence electrons. The van der Waals surface area contributed by atoms with Gasteiger partial charge in [0.05, 0.1) is 16.3 Å². The molecule has 3 aromatic rings. The highest BCUT2D eigenvalue weighted by molar-refractivity contribution is 6.33. The molecular weight excluding hydrogens is 427 g/mol. The summed E-state index contributed by atoms with van der Waals surface area (Å²) in [6.45, 7) is 0.337. The van der Waals surface area contributed by atoms with Gasteiger partial charge in [-0.2, -0.15) is 5.26 Å². The molecule has 0 saturated heterocycles. The van der Waals surface area contributed by atoms with Gasteiger partial charge in [0, 0.05) is 30.4 Å². The van der Waals surface area contributed by atoms with Crippen molar-refractivity contribution in [1.29, 1.82) is 5.26 Å². The van der Waals surface area contributed by atoms with E-state index in [-0.39, 0.29) is 11.9 Å². The van der Waals surface area contributed by atoms with E-state index in [0.29, 0.717) is 34.7 Å². The highest BCUT2D eigenvalue weighted by Gasteiger charge is 2.19. The molecule has 0 atom stereocenters. The molecule has 4 N–H and O–H groups in total. The predicted octanol–water partition coefficient (Wildman–Crippen LogP) is 5.10. The van der Waals surface area contributed by atoms with Gasteiger partial charge in [0.25, 0.3) is 0 Å². The zero-order valence-electron chi connectivity index (χ0n) is 17.5. The minimum atomic E-state index is -0.310. The number of anilines is 2. The molecule has 2 heterocycles. The van der Waals surface area contributed by atoms with Gasteiger partial charge in [-0.1, -0.05) is 23.7 Å². The summed E-state index contributed by atoms with van der Waals surface area (Å²) >= 11 is 6.44. The number of nitriles is 1. The van der Waals surface area contributed by atoms with Gasteiger partial charge in [0.2, 0.25) is 0 Å². The van der Waals surface area contributed by atoms with Crippen LogP contribution < -0.4 is 16.4 Å². The van der Waals surface area contributed by atoms with Crippen LogP contribution in [0.15, 0.2) is 48.7 Å². The van der Waals surface area contributed by atoms with Crippen molar-refractivity contribution in [2.75, 3.05) is 10.6 Å². The van der Waals surface area contributed by atoms with Crippen LogP contribution in [0.5, 0.6) is 0 Å². The van der Waals surface area contributed by atoms with E-state index in [2.05, 4.69) is 26.7 Å². The van der Waals surface area contributed by atoms with Crippen LogP contribution in [0.25, 0.3) is 11.3 Å². The van der Waals surface area contributed by atoms with Crippen LogP contribution in [-0.2, 0) is 6.54 Å². The predicted molar refractivity (Wildman–Crippen MR) is 125 cm³/mol. The molecule has 1 aliphatic carbocycles. The summed E-state index contributed by atoms with van der Waals surface area (Å²) in [5, 5.41) is 16.5. The largest absolute Gasteiger partial charge is 0.367 e. The maximum atomic E-state index is 13.5. The first kappa shape index (κ1) is 22.0. The Morgan fingerprint density at radius 3 is 2.72 bits per heavy atom. The summed E-state index contributed by atoms with van der Waals surface area (Å²) in [5.41, 5.74) is 8.48. The van der Waals surface area contributed by atoms with Crippen LogP contribution in [0.1, 0.15) is 36.8 Å². The average molecular weight is 451 g/mol. The third-order valence-corrected chi connectivity index (χ3v) is 5.92. The SMILES string of the molecule is N#Cc1ccc(-c2cc(N[C@H]3CC[C@H](N)CC3)ncc2Cl)nc1NCc1cccc(F)c1. The van der Waals surface area contributed by atoms with Crippen molar-refractivity contribution in [2.24, 2.45) is 5.73 Å². The first-order valence-corrected chi connectivity index (χ1v) is 11.0. The Bertz CT molecular complexity index is 1140. The lowest BCUT2D eigenvalue weighted by molar-refractivity contribution is 0.410. The Morgan fingerprint density at radius 1 is 1.16 bits per heavy atom. The maximum Gasteiger partial charge on any atom is 0.144 e. The van der Waals surface area contributed by atoms with Crippen LogP contribution in [-0.4, -0.2) is 22.1 Å². The molecule has 1 aliphatic rings. The van der Waals surface area contributed by atoms with Crippen LogP contribution in [0, 0.1) is 17.1 Å². The summed E-state index contributed by atoms with van der Waals surface area (Å²) in [7, 11) is 0. The van der Waals surface area contributed by atoms with Gasteiger partial charge in [0.15, 0.2) is 0 Å². The van der Waals surface area contributed by atoms with E-state index >= 15 is 0 Å². The fourth-order valence-corrected chi connectivity index (χ4v) is 4.05. The van der Waals surface area contributed by atoms with Gasteiger partial charge in [0.1, 0.15) is 23.5 Å². The fraction of sp³-hybridized carbons (Fsp3) is 0.292. The first-order valence-electron chi connectivity index (χ1n) is 10.6. The molecular formula is C24H24ClFN6. The highest BCUT2D eigenvalue weighted by Crippen LogP contribution is 2.31. The fourth-order valence-electron chi connectivity index (χ4n) is 3.85. The molecule has 0 radical (unpaired) electrons. The lowest BCUT2D eigenvalue weighted by Crippen LogP contribution is -2.33. The van der Waals surface area contributed by atoms with E-state index in [0.717, 1.165) is 42.6 Å². The summed E-state index contributed by atoms with van der Waals surface area (Å²) in [4.78, 5) is 9.04. The third kappa shape index (κ3) is 5.34. The normalized spacial score (nSPS) is 18.1. The first-order chi connectivity index (χ1) is 15.5. The van der Waals surface area contributed by atoms with Crippen molar-refractivity contribution in [3.63, 3.8) is 0 Å². The standard InChI is InChI=1S/C24H24ClFN6/c25-21-14-29-23(31-19-7-5-18(28)6-8-19)11-20(21)22-9-4-16(12-27)24(32-22)30-13-15-2-1-3-17(26)10-15/h1-4,9-11,14,18-19H,5-8,13,28H2,(H,29,31)(H,30,32)/t18-,19-. The molecule has 32 heavy (non-hydrogen) atoms. The monoisotopic (exact) mass is 450 g/mol. The van der Waals surface area contributed by atoms with Gasteiger partial charge in [-0.15, -0.1) is 0 Å². The Kier molecular flexibility index (Phi) is 6.84. The van der Waals surface area contributed by atoms with Gasteiger partial charge < -0.3 is 16.4 Å². The molecule has 8 heteroatoms. The molecule has 2 aromatic heterocycles.